The van der Waals surface area contributed by atoms with Crippen molar-refractivity contribution >= 4 is 23.5 Å². The van der Waals surface area contributed by atoms with Gasteiger partial charge in [0.2, 0.25) is 0 Å². The van der Waals surface area contributed by atoms with Crippen molar-refractivity contribution in [1.82, 2.24) is 9.80 Å². The van der Waals surface area contributed by atoms with Gasteiger partial charge in [0.05, 0.1) is 16.7 Å². The number of amides is 4. The number of carbonyl (C=O) groups excluding carboxylic acids is 3. The lowest BCUT2D eigenvalue weighted by Crippen LogP contribution is -2.51. The molecule has 3 N–H and O–H groups in total. The van der Waals surface area contributed by atoms with Crippen LogP contribution in [0, 0.1) is 0 Å². The second kappa shape index (κ2) is 12.0. The summed E-state index contributed by atoms with van der Waals surface area (Å²) in [6.45, 7) is 0.195. The van der Waals surface area contributed by atoms with Gasteiger partial charge in [0, 0.05) is 37.4 Å². The Morgan fingerprint density at radius 1 is 0.786 bits per heavy atom. The molecule has 14 heteroatoms. The molecule has 42 heavy (non-hydrogen) atoms. The zero-order chi connectivity index (χ0) is 30.7. The Labute approximate surface area is 235 Å². The van der Waals surface area contributed by atoms with E-state index in [1.54, 1.807) is 42.5 Å². The molecule has 1 saturated heterocycles. The van der Waals surface area contributed by atoms with Gasteiger partial charge in [-0.3, -0.25) is 9.59 Å². The van der Waals surface area contributed by atoms with Crippen LogP contribution in [0.25, 0.3) is 0 Å². The van der Waals surface area contributed by atoms with Crippen LogP contribution in [0.1, 0.15) is 37.4 Å². The van der Waals surface area contributed by atoms with Crippen LogP contribution in [0.3, 0.4) is 0 Å². The van der Waals surface area contributed by atoms with Crippen LogP contribution in [0.5, 0.6) is 5.75 Å². The van der Waals surface area contributed by atoms with Crippen molar-refractivity contribution in [1.29, 1.82) is 0 Å². The highest BCUT2D eigenvalue weighted by Crippen LogP contribution is 2.37. The molecular formula is C28H24F6N4O4. The third-order valence-electron chi connectivity index (χ3n) is 6.41. The Bertz CT molecular complexity index is 1450. The van der Waals surface area contributed by atoms with E-state index in [1.807, 2.05) is 0 Å². The first-order valence-electron chi connectivity index (χ1n) is 12.5. The molecule has 0 aliphatic carbocycles. The molecule has 0 spiro atoms. The number of alkyl halides is 6. The monoisotopic (exact) mass is 594 g/mol. The molecule has 4 rings (SSSR count). The zero-order valence-corrected chi connectivity index (χ0v) is 21.8. The Morgan fingerprint density at radius 2 is 1.38 bits per heavy atom. The fourth-order valence-electron chi connectivity index (χ4n) is 4.28. The Kier molecular flexibility index (Phi) is 8.64. The fraction of sp³-hybridized carbons (Fsp3) is 0.250. The molecule has 0 atom stereocenters. The maximum absolute atomic E-state index is 13.1. The van der Waals surface area contributed by atoms with Crippen molar-refractivity contribution < 1.29 is 45.5 Å². The SMILES string of the molecule is NC(=O)c1ccccc1OCc1cccc(C(=O)N2CCN(C(=O)Nc3cc(C(F)(F)F)cc(C(F)(F)F)c3)CC2)c1. The number of hydrogen-bond acceptors (Lipinski definition) is 4. The maximum Gasteiger partial charge on any atom is 0.416 e. The van der Waals surface area contributed by atoms with E-state index in [2.05, 4.69) is 5.32 Å². The van der Waals surface area contributed by atoms with Gasteiger partial charge in [0.25, 0.3) is 11.8 Å². The molecule has 1 aliphatic rings. The Morgan fingerprint density at radius 3 is 1.98 bits per heavy atom. The molecule has 1 aliphatic heterocycles. The fourth-order valence-corrected chi connectivity index (χ4v) is 4.28. The average molecular weight is 595 g/mol. The van der Waals surface area contributed by atoms with Crippen molar-refractivity contribution in [3.8, 4) is 5.75 Å². The van der Waals surface area contributed by atoms with Gasteiger partial charge >= 0.3 is 18.4 Å². The lowest BCUT2D eigenvalue weighted by Gasteiger charge is -2.35. The molecule has 0 saturated carbocycles. The maximum atomic E-state index is 13.1. The summed E-state index contributed by atoms with van der Waals surface area (Å²) in [7, 11) is 0. The number of hydrogen-bond donors (Lipinski definition) is 2. The van der Waals surface area contributed by atoms with E-state index >= 15 is 0 Å². The van der Waals surface area contributed by atoms with Crippen molar-refractivity contribution in [3.05, 3.63) is 94.5 Å². The van der Waals surface area contributed by atoms with E-state index in [1.165, 1.54) is 15.9 Å². The second-order valence-electron chi connectivity index (χ2n) is 9.35. The Balaban J connectivity index is 1.37. The molecule has 0 radical (unpaired) electrons. The lowest BCUT2D eigenvalue weighted by molar-refractivity contribution is -0.143. The number of anilines is 1. The van der Waals surface area contributed by atoms with Crippen LogP contribution in [0.15, 0.2) is 66.7 Å². The number of halogens is 6. The number of para-hydroxylation sites is 1. The van der Waals surface area contributed by atoms with Crippen LogP contribution >= 0.6 is 0 Å². The topological polar surface area (TPSA) is 105 Å². The highest BCUT2D eigenvalue weighted by Gasteiger charge is 2.37. The summed E-state index contributed by atoms with van der Waals surface area (Å²) in [6.07, 6.45) is -10.1. The minimum Gasteiger partial charge on any atom is -0.488 e. The lowest BCUT2D eigenvalue weighted by atomic mass is 10.1. The van der Waals surface area contributed by atoms with Gasteiger partial charge in [0.1, 0.15) is 12.4 Å². The normalized spacial score (nSPS) is 14.0. The number of ether oxygens (including phenoxy) is 1. The van der Waals surface area contributed by atoms with Crippen molar-refractivity contribution in [2.24, 2.45) is 5.73 Å². The van der Waals surface area contributed by atoms with E-state index in [-0.39, 0.29) is 56.1 Å². The number of rotatable bonds is 6. The molecule has 8 nitrogen and oxygen atoms in total. The first kappa shape index (κ1) is 30.2. The smallest absolute Gasteiger partial charge is 0.416 e. The molecule has 0 unspecified atom stereocenters. The van der Waals surface area contributed by atoms with Gasteiger partial charge < -0.3 is 25.6 Å². The molecule has 3 aromatic rings. The minimum absolute atomic E-state index is 0.00460. The highest BCUT2D eigenvalue weighted by atomic mass is 19.4. The molecule has 0 aromatic heterocycles. The van der Waals surface area contributed by atoms with Gasteiger partial charge in [-0.25, -0.2) is 4.79 Å². The van der Waals surface area contributed by atoms with Gasteiger partial charge in [-0.05, 0) is 48.0 Å². The standard InChI is InChI=1S/C28H24F6N4O4/c29-27(30,31)19-13-20(28(32,33)34)15-21(14-19)36-26(41)38-10-8-37(9-11-38)25(40)18-5-3-4-17(12-18)16-42-23-7-2-1-6-22(23)24(35)39/h1-7,12-15H,8-11,16H2,(H2,35,39)(H,36,41). The van der Waals surface area contributed by atoms with E-state index in [0.717, 1.165) is 0 Å². The van der Waals surface area contributed by atoms with E-state index in [0.29, 0.717) is 23.3 Å². The summed E-state index contributed by atoms with van der Waals surface area (Å²) in [4.78, 5) is 40.0. The van der Waals surface area contributed by atoms with Crippen LogP contribution in [0.2, 0.25) is 0 Å². The van der Waals surface area contributed by atoms with Crippen LogP contribution in [0.4, 0.5) is 36.8 Å². The molecule has 3 aromatic carbocycles. The summed E-state index contributed by atoms with van der Waals surface area (Å²) >= 11 is 0. The Hall–Kier alpha value is -4.75. The van der Waals surface area contributed by atoms with Gasteiger partial charge in [-0.1, -0.05) is 24.3 Å². The number of nitrogens with two attached hydrogens (primary N) is 1. The first-order valence-corrected chi connectivity index (χ1v) is 12.5. The molecule has 1 fully saturated rings. The number of benzene rings is 3. The van der Waals surface area contributed by atoms with E-state index < -0.39 is 41.1 Å². The first-order chi connectivity index (χ1) is 19.7. The minimum atomic E-state index is -5.05. The summed E-state index contributed by atoms with van der Waals surface area (Å²) in [5.74, 6) is -0.707. The summed E-state index contributed by atoms with van der Waals surface area (Å²) in [6, 6.07) is 13.0. The van der Waals surface area contributed by atoms with Crippen molar-refractivity contribution in [2.75, 3.05) is 31.5 Å². The molecule has 0 bridgehead atoms. The predicted molar refractivity (Wildman–Crippen MR) is 139 cm³/mol. The van der Waals surface area contributed by atoms with Gasteiger partial charge in [-0.2, -0.15) is 26.3 Å². The number of nitrogens with zero attached hydrogens (tertiary/aromatic N) is 2. The quantitative estimate of drug-likeness (QED) is 0.374. The third-order valence-corrected chi connectivity index (χ3v) is 6.41. The zero-order valence-electron chi connectivity index (χ0n) is 21.8. The van der Waals surface area contributed by atoms with Crippen LogP contribution < -0.4 is 15.8 Å². The van der Waals surface area contributed by atoms with Crippen molar-refractivity contribution in [2.45, 2.75) is 19.0 Å². The number of piperazine rings is 1. The summed E-state index contributed by atoms with van der Waals surface area (Å²) in [5, 5.41) is 2.10. The number of nitrogens with one attached hydrogen (secondary N) is 1. The molecule has 1 heterocycles. The molecule has 4 amide bonds. The highest BCUT2D eigenvalue weighted by molar-refractivity contribution is 5.96. The van der Waals surface area contributed by atoms with Crippen LogP contribution in [-0.2, 0) is 19.0 Å². The largest absolute Gasteiger partial charge is 0.488 e. The second-order valence-corrected chi connectivity index (χ2v) is 9.35. The average Bonchev–Trinajstić information content (AvgIpc) is 2.95. The summed E-state index contributed by atoms with van der Waals surface area (Å²) in [5.41, 5.74) is 2.79. The van der Waals surface area contributed by atoms with Crippen molar-refractivity contribution in [3.63, 3.8) is 0 Å². The van der Waals surface area contributed by atoms with Gasteiger partial charge in [0.15, 0.2) is 0 Å². The third kappa shape index (κ3) is 7.30. The number of urea groups is 1. The van der Waals surface area contributed by atoms with Gasteiger partial charge in [-0.15, -0.1) is 0 Å². The molecular weight excluding hydrogens is 570 g/mol. The predicted octanol–water partition coefficient (Wildman–Crippen LogP) is 5.39. The summed E-state index contributed by atoms with van der Waals surface area (Å²) < 4.78 is 84.5. The molecule has 222 valence electrons. The van der Waals surface area contributed by atoms with E-state index in [9.17, 15) is 40.7 Å². The number of carbonyl (C=O) groups is 3. The van der Waals surface area contributed by atoms with E-state index in [4.69, 9.17) is 10.5 Å². The van der Waals surface area contributed by atoms with Crippen LogP contribution in [-0.4, -0.2) is 53.8 Å². The number of primary amides is 1.